The van der Waals surface area contributed by atoms with Crippen LogP contribution in [0.15, 0.2) is 0 Å². The predicted octanol–water partition coefficient (Wildman–Crippen LogP) is 2.32. The van der Waals surface area contributed by atoms with E-state index < -0.39 is 6.10 Å². The van der Waals surface area contributed by atoms with Crippen molar-refractivity contribution < 1.29 is 18.8 Å². The first-order chi connectivity index (χ1) is 14.0. The van der Waals surface area contributed by atoms with Gasteiger partial charge in [0.25, 0.3) is 5.88 Å². The van der Waals surface area contributed by atoms with Crippen LogP contribution in [-0.4, -0.2) is 77.2 Å². The number of terminal acetylenes is 1. The third-order valence-electron chi connectivity index (χ3n) is 5.71. The molecule has 1 unspecified atom stereocenters. The average Bonchev–Trinajstić information content (AvgIpc) is 3.42. The first kappa shape index (κ1) is 20.1. The smallest absolute Gasteiger partial charge is 0.448 e. The van der Waals surface area contributed by atoms with Crippen molar-refractivity contribution in [2.24, 2.45) is 5.92 Å². The summed E-state index contributed by atoms with van der Waals surface area (Å²) in [5, 5.41) is 0.0149. The fourth-order valence-electron chi connectivity index (χ4n) is 4.17. The molecule has 0 spiro atoms. The lowest BCUT2D eigenvalue weighted by molar-refractivity contribution is -0.324. The zero-order valence-corrected chi connectivity index (χ0v) is 17.4. The number of halogens is 1. The van der Waals surface area contributed by atoms with Crippen LogP contribution in [0, 0.1) is 18.3 Å². The van der Waals surface area contributed by atoms with Crippen LogP contribution in [-0.2, 0) is 4.74 Å². The van der Waals surface area contributed by atoms with E-state index in [0.717, 1.165) is 25.8 Å². The first-order valence-electron chi connectivity index (χ1n) is 9.97. The summed E-state index contributed by atoms with van der Waals surface area (Å²) >= 11 is 6.20. The highest BCUT2D eigenvalue weighted by Crippen LogP contribution is 2.42. The maximum absolute atomic E-state index is 13.1. The van der Waals surface area contributed by atoms with Crippen LogP contribution in [0.3, 0.4) is 0 Å². The number of fused-ring (bicyclic) bond motifs is 1. The maximum atomic E-state index is 13.1. The molecule has 0 saturated carbocycles. The molecule has 2 amide bonds. The van der Waals surface area contributed by atoms with Gasteiger partial charge in [-0.25, -0.2) is 9.69 Å². The fourth-order valence-corrected chi connectivity index (χ4v) is 4.33. The number of anilines is 1. The van der Waals surface area contributed by atoms with Gasteiger partial charge in [-0.3, -0.25) is 4.90 Å². The quantitative estimate of drug-likeness (QED) is 0.415. The number of carbonyl (C=O) groups excluding carboxylic acids is 1. The fraction of sp³-hybridized carbons (Fsp3) is 0.600. The third-order valence-corrected chi connectivity index (χ3v) is 5.88. The summed E-state index contributed by atoms with van der Waals surface area (Å²) in [4.78, 5) is 25.5. The van der Waals surface area contributed by atoms with E-state index in [1.807, 2.05) is 20.2 Å². The third kappa shape index (κ3) is 3.70. The predicted molar refractivity (Wildman–Crippen MR) is 109 cm³/mol. The van der Waals surface area contributed by atoms with Gasteiger partial charge in [0.1, 0.15) is 0 Å². The number of hydrogen-bond donors (Lipinski definition) is 0. The Morgan fingerprint density at radius 3 is 2.93 bits per heavy atom. The Bertz CT molecular complexity index is 878. The number of carbonyl (C=O) groups is 1. The molecule has 4 heterocycles. The Morgan fingerprint density at radius 2 is 2.31 bits per heavy atom. The van der Waals surface area contributed by atoms with Gasteiger partial charge >= 0.3 is 17.1 Å². The van der Waals surface area contributed by atoms with E-state index in [2.05, 4.69) is 20.8 Å². The molecule has 154 valence electrons. The van der Waals surface area contributed by atoms with Crippen LogP contribution >= 0.6 is 11.6 Å². The van der Waals surface area contributed by atoms with Gasteiger partial charge in [0, 0.05) is 12.5 Å². The van der Waals surface area contributed by atoms with Crippen LogP contribution in [0.25, 0.3) is 0 Å². The monoisotopic (exact) mass is 418 g/mol. The van der Waals surface area contributed by atoms with E-state index >= 15 is 0 Å². The molecule has 2 fully saturated rings. The summed E-state index contributed by atoms with van der Waals surface area (Å²) in [6, 6.07) is -0.110. The molecular weight excluding hydrogens is 394 g/mol. The van der Waals surface area contributed by atoms with Crippen molar-refractivity contribution in [3.8, 4) is 18.2 Å². The SMILES string of the molecule is C#C[C@H](Oc1nc(Cl)nc2c1N(CC)C(=O)/[N+]2=C\C1CCOC1)[C@@H]1CCCN1C. The molecule has 29 heavy (non-hydrogen) atoms. The normalized spacial score (nSPS) is 26.8. The number of rotatable bonds is 5. The standard InChI is InChI=1S/C20H25ClN5O3/c1-4-15(14-7-6-9-24(14)3)29-18-16-17(22-19(21)23-18)26(20(27)25(16)5-2)11-13-8-10-28-12-13/h1,11,13-15H,5-10,12H2,2-3H3/q+1/b26-11-/t13?,14-,15-/m0/s1. The van der Waals surface area contributed by atoms with E-state index in [4.69, 9.17) is 27.5 Å². The summed E-state index contributed by atoms with van der Waals surface area (Å²) in [6.07, 6.45) is 10.0. The molecule has 0 bridgehead atoms. The molecule has 8 nitrogen and oxygen atoms in total. The average molecular weight is 419 g/mol. The van der Waals surface area contributed by atoms with Gasteiger partial charge in [0.15, 0.2) is 6.10 Å². The molecule has 4 rings (SSSR count). The second-order valence-electron chi connectivity index (χ2n) is 7.53. The van der Waals surface area contributed by atoms with Gasteiger partial charge in [-0.15, -0.1) is 6.42 Å². The number of urea groups is 1. The number of amides is 2. The van der Waals surface area contributed by atoms with E-state index in [0.29, 0.717) is 31.3 Å². The number of likely N-dealkylation sites (tertiary alicyclic amines) is 1. The van der Waals surface area contributed by atoms with Crippen molar-refractivity contribution in [2.45, 2.75) is 38.3 Å². The summed E-state index contributed by atoms with van der Waals surface area (Å²) in [6.45, 7) is 4.58. The minimum absolute atomic E-state index is 0.0149. The minimum Gasteiger partial charge on any atom is -0.457 e. The van der Waals surface area contributed by atoms with Crippen molar-refractivity contribution in [2.75, 3.05) is 38.3 Å². The molecule has 2 saturated heterocycles. The zero-order chi connectivity index (χ0) is 20.5. The van der Waals surface area contributed by atoms with Crippen molar-refractivity contribution in [1.82, 2.24) is 14.9 Å². The summed E-state index contributed by atoms with van der Waals surface area (Å²) < 4.78 is 13.1. The van der Waals surface area contributed by atoms with Crippen molar-refractivity contribution in [3.63, 3.8) is 0 Å². The largest absolute Gasteiger partial charge is 0.457 e. The molecule has 3 atom stereocenters. The van der Waals surface area contributed by atoms with Gasteiger partial charge < -0.3 is 9.47 Å². The number of nitrogens with zero attached hydrogens (tertiary/aromatic N) is 5. The number of ether oxygens (including phenoxy) is 2. The Balaban J connectivity index is 1.73. The summed E-state index contributed by atoms with van der Waals surface area (Å²) in [5.41, 5.74) is 0.512. The van der Waals surface area contributed by atoms with Gasteiger partial charge in [0.05, 0.1) is 25.4 Å². The summed E-state index contributed by atoms with van der Waals surface area (Å²) in [7, 11) is 2.03. The molecule has 1 aromatic heterocycles. The van der Waals surface area contributed by atoms with Crippen molar-refractivity contribution in [1.29, 1.82) is 0 Å². The lowest BCUT2D eigenvalue weighted by Gasteiger charge is -2.25. The number of hydrogen-bond acceptors (Lipinski definition) is 6. The van der Waals surface area contributed by atoms with E-state index in [1.165, 1.54) is 4.58 Å². The molecule has 9 heteroatoms. The Morgan fingerprint density at radius 1 is 1.48 bits per heavy atom. The lowest BCUT2D eigenvalue weighted by atomic mass is 10.1. The van der Waals surface area contributed by atoms with Crippen LogP contribution in [0.2, 0.25) is 5.28 Å². The zero-order valence-electron chi connectivity index (χ0n) is 16.7. The van der Waals surface area contributed by atoms with Crippen LogP contribution in [0.1, 0.15) is 26.2 Å². The highest BCUT2D eigenvalue weighted by molar-refractivity contribution is 6.28. The summed E-state index contributed by atoms with van der Waals surface area (Å²) in [5.74, 6) is 3.56. The highest BCUT2D eigenvalue weighted by Gasteiger charge is 2.46. The molecule has 3 aliphatic heterocycles. The highest BCUT2D eigenvalue weighted by atomic mass is 35.5. The van der Waals surface area contributed by atoms with Crippen LogP contribution < -0.4 is 9.64 Å². The van der Waals surface area contributed by atoms with E-state index in [1.54, 1.807) is 4.90 Å². The number of likely N-dealkylation sites (N-methyl/N-ethyl adjacent to an activating group) is 1. The molecule has 3 aliphatic rings. The lowest BCUT2D eigenvalue weighted by Crippen LogP contribution is -2.39. The van der Waals surface area contributed by atoms with Gasteiger partial charge in [-0.2, -0.15) is 9.56 Å². The molecule has 0 aromatic carbocycles. The second kappa shape index (κ2) is 8.27. The number of aromatic nitrogens is 2. The molecule has 0 aliphatic carbocycles. The molecule has 1 aromatic rings. The minimum atomic E-state index is -0.493. The van der Waals surface area contributed by atoms with Gasteiger partial charge in [-0.05, 0) is 51.4 Å². The molecule has 0 radical (unpaired) electrons. The Hall–Kier alpha value is -2.21. The van der Waals surface area contributed by atoms with Gasteiger partial charge in [-0.1, -0.05) is 10.9 Å². The van der Waals surface area contributed by atoms with Crippen molar-refractivity contribution >= 4 is 35.4 Å². The first-order valence-corrected chi connectivity index (χ1v) is 10.3. The molecule has 0 N–H and O–H groups in total. The van der Waals surface area contributed by atoms with Crippen LogP contribution in [0.4, 0.5) is 16.3 Å². The second-order valence-corrected chi connectivity index (χ2v) is 7.87. The Labute approximate surface area is 175 Å². The van der Waals surface area contributed by atoms with Crippen LogP contribution in [0.5, 0.6) is 5.88 Å². The van der Waals surface area contributed by atoms with Gasteiger partial charge in [0.2, 0.25) is 5.69 Å². The molecular formula is C20H25ClN5O3+. The Kier molecular flexibility index (Phi) is 5.72. The van der Waals surface area contributed by atoms with E-state index in [9.17, 15) is 4.79 Å². The van der Waals surface area contributed by atoms with Crippen molar-refractivity contribution in [3.05, 3.63) is 5.28 Å². The topological polar surface area (TPSA) is 70.8 Å². The maximum Gasteiger partial charge on any atom is 0.448 e. The van der Waals surface area contributed by atoms with E-state index in [-0.39, 0.29) is 29.2 Å².